The molecule has 1 rings (SSSR count). The Morgan fingerprint density at radius 1 is 1.60 bits per heavy atom. The second-order valence-corrected chi connectivity index (χ2v) is 2.33. The third-order valence-corrected chi connectivity index (χ3v) is 1.38. The van der Waals surface area contributed by atoms with E-state index in [1.807, 2.05) is 25.1 Å². The van der Waals surface area contributed by atoms with Crippen molar-refractivity contribution in [3.63, 3.8) is 0 Å². The van der Waals surface area contributed by atoms with Gasteiger partial charge in [-0.25, -0.2) is 0 Å². The standard InChI is InChI=1S/C8H9ClO/c1-7-4-5-8(10-7)3-2-6-9/h2,4-6H,3H2,1H3/b6-2-. The van der Waals surface area contributed by atoms with Gasteiger partial charge in [0.2, 0.25) is 0 Å². The fourth-order valence-electron chi connectivity index (χ4n) is 0.756. The molecule has 0 amide bonds. The second kappa shape index (κ2) is 3.47. The molecule has 54 valence electrons. The molecule has 1 heterocycles. The summed E-state index contributed by atoms with van der Waals surface area (Å²) in [4.78, 5) is 0. The summed E-state index contributed by atoms with van der Waals surface area (Å²) in [5, 5.41) is 0. The molecule has 0 aliphatic heterocycles. The van der Waals surface area contributed by atoms with E-state index in [2.05, 4.69) is 0 Å². The zero-order chi connectivity index (χ0) is 7.40. The third-order valence-electron chi connectivity index (χ3n) is 1.20. The summed E-state index contributed by atoms with van der Waals surface area (Å²) in [5.74, 6) is 1.90. The summed E-state index contributed by atoms with van der Waals surface area (Å²) in [6.45, 7) is 1.92. The monoisotopic (exact) mass is 156 g/mol. The van der Waals surface area contributed by atoms with Gasteiger partial charge in [0, 0.05) is 12.0 Å². The summed E-state index contributed by atoms with van der Waals surface area (Å²) in [5.41, 5.74) is 1.50. The van der Waals surface area contributed by atoms with Crippen molar-refractivity contribution in [3.8, 4) is 0 Å². The fourth-order valence-corrected chi connectivity index (χ4v) is 0.845. The molecular formula is C8H9ClO. The van der Waals surface area contributed by atoms with Gasteiger partial charge in [0.1, 0.15) is 11.5 Å². The van der Waals surface area contributed by atoms with Crippen LogP contribution in [0.15, 0.2) is 28.2 Å². The Balaban J connectivity index is 2.58. The molecule has 0 saturated carbocycles. The number of aryl methyl sites for hydroxylation is 1. The Labute approximate surface area is 65.3 Å². The Bertz CT molecular complexity index is 225. The van der Waals surface area contributed by atoms with E-state index in [1.54, 1.807) is 0 Å². The van der Waals surface area contributed by atoms with Crippen molar-refractivity contribution in [2.75, 3.05) is 0 Å². The Morgan fingerprint density at radius 3 is 2.90 bits per heavy atom. The van der Waals surface area contributed by atoms with Gasteiger partial charge in [0.05, 0.1) is 0 Å². The maximum absolute atomic E-state index is 5.34. The minimum Gasteiger partial charge on any atom is -0.466 e. The first-order valence-electron chi connectivity index (χ1n) is 3.13. The molecule has 0 bridgehead atoms. The maximum atomic E-state index is 5.34. The first kappa shape index (κ1) is 7.42. The quantitative estimate of drug-likeness (QED) is 0.642. The maximum Gasteiger partial charge on any atom is 0.107 e. The first-order valence-corrected chi connectivity index (χ1v) is 3.57. The van der Waals surface area contributed by atoms with Crippen LogP contribution in [-0.2, 0) is 6.42 Å². The molecule has 0 radical (unpaired) electrons. The van der Waals surface area contributed by atoms with E-state index in [1.165, 1.54) is 5.54 Å². The zero-order valence-corrected chi connectivity index (χ0v) is 6.56. The van der Waals surface area contributed by atoms with E-state index in [9.17, 15) is 0 Å². The van der Waals surface area contributed by atoms with Crippen LogP contribution >= 0.6 is 11.6 Å². The topological polar surface area (TPSA) is 13.1 Å². The van der Waals surface area contributed by atoms with Crippen LogP contribution < -0.4 is 0 Å². The lowest BCUT2D eigenvalue weighted by molar-refractivity contribution is 0.495. The number of halogens is 1. The molecule has 10 heavy (non-hydrogen) atoms. The SMILES string of the molecule is Cc1ccc(C/C=C\Cl)o1. The number of hydrogen-bond acceptors (Lipinski definition) is 1. The number of rotatable bonds is 2. The van der Waals surface area contributed by atoms with Crippen molar-refractivity contribution in [2.24, 2.45) is 0 Å². The molecule has 0 aliphatic carbocycles. The molecule has 1 nitrogen and oxygen atoms in total. The molecule has 0 atom stereocenters. The minimum atomic E-state index is 0.775. The highest BCUT2D eigenvalue weighted by molar-refractivity contribution is 6.25. The minimum absolute atomic E-state index is 0.775. The van der Waals surface area contributed by atoms with E-state index < -0.39 is 0 Å². The van der Waals surface area contributed by atoms with Crippen molar-refractivity contribution >= 4 is 11.6 Å². The summed E-state index contributed by atoms with van der Waals surface area (Å²) in [7, 11) is 0. The summed E-state index contributed by atoms with van der Waals surface area (Å²) < 4.78 is 5.28. The Morgan fingerprint density at radius 2 is 2.40 bits per heavy atom. The van der Waals surface area contributed by atoms with E-state index in [4.69, 9.17) is 16.0 Å². The predicted octanol–water partition coefficient (Wildman–Crippen LogP) is 2.88. The lowest BCUT2D eigenvalue weighted by Crippen LogP contribution is -1.71. The van der Waals surface area contributed by atoms with Crippen molar-refractivity contribution in [3.05, 3.63) is 35.3 Å². The van der Waals surface area contributed by atoms with Crippen molar-refractivity contribution in [1.82, 2.24) is 0 Å². The normalized spacial score (nSPS) is 11.0. The highest BCUT2D eigenvalue weighted by atomic mass is 35.5. The molecule has 2 heteroatoms. The molecular weight excluding hydrogens is 148 g/mol. The first-order chi connectivity index (χ1) is 4.83. The molecule has 0 fully saturated rings. The largest absolute Gasteiger partial charge is 0.466 e. The van der Waals surface area contributed by atoms with Crippen LogP contribution in [0.25, 0.3) is 0 Å². The third kappa shape index (κ3) is 1.92. The summed E-state index contributed by atoms with van der Waals surface area (Å²) in [6, 6.07) is 3.89. The lowest BCUT2D eigenvalue weighted by Gasteiger charge is -1.85. The Hall–Kier alpha value is -0.690. The van der Waals surface area contributed by atoms with E-state index in [0.717, 1.165) is 17.9 Å². The molecule has 1 aromatic heterocycles. The summed E-state index contributed by atoms with van der Waals surface area (Å²) >= 11 is 5.34. The van der Waals surface area contributed by atoms with Gasteiger partial charge in [-0.05, 0) is 19.1 Å². The van der Waals surface area contributed by atoms with Gasteiger partial charge in [0.15, 0.2) is 0 Å². The fraction of sp³-hybridized carbons (Fsp3) is 0.250. The van der Waals surface area contributed by atoms with Crippen molar-refractivity contribution in [1.29, 1.82) is 0 Å². The van der Waals surface area contributed by atoms with Gasteiger partial charge < -0.3 is 4.42 Å². The van der Waals surface area contributed by atoms with Crippen LogP contribution in [0.4, 0.5) is 0 Å². The van der Waals surface area contributed by atoms with Crippen LogP contribution in [0.1, 0.15) is 11.5 Å². The van der Waals surface area contributed by atoms with Gasteiger partial charge in [-0.2, -0.15) is 0 Å². The molecule has 0 N–H and O–H groups in total. The molecule has 0 unspecified atom stereocenters. The molecule has 0 saturated heterocycles. The average molecular weight is 157 g/mol. The van der Waals surface area contributed by atoms with Gasteiger partial charge in [0.25, 0.3) is 0 Å². The molecule has 0 spiro atoms. The van der Waals surface area contributed by atoms with Crippen LogP contribution in [0.5, 0.6) is 0 Å². The van der Waals surface area contributed by atoms with Gasteiger partial charge in [-0.3, -0.25) is 0 Å². The van der Waals surface area contributed by atoms with Crippen LogP contribution in [0, 0.1) is 6.92 Å². The summed E-state index contributed by atoms with van der Waals surface area (Å²) in [6.07, 6.45) is 2.62. The van der Waals surface area contributed by atoms with Gasteiger partial charge >= 0.3 is 0 Å². The average Bonchev–Trinajstić information content (AvgIpc) is 2.31. The van der Waals surface area contributed by atoms with Gasteiger partial charge in [-0.15, -0.1) is 0 Å². The number of allylic oxidation sites excluding steroid dienone is 1. The van der Waals surface area contributed by atoms with Gasteiger partial charge in [-0.1, -0.05) is 17.7 Å². The van der Waals surface area contributed by atoms with E-state index in [0.29, 0.717) is 0 Å². The van der Waals surface area contributed by atoms with Crippen LogP contribution in [0.2, 0.25) is 0 Å². The molecule has 1 aromatic rings. The Kier molecular flexibility index (Phi) is 2.57. The van der Waals surface area contributed by atoms with Crippen LogP contribution in [0.3, 0.4) is 0 Å². The number of furan rings is 1. The number of hydrogen-bond donors (Lipinski definition) is 0. The zero-order valence-electron chi connectivity index (χ0n) is 5.80. The van der Waals surface area contributed by atoms with E-state index >= 15 is 0 Å². The smallest absolute Gasteiger partial charge is 0.107 e. The molecule has 0 aromatic carbocycles. The predicted molar refractivity (Wildman–Crippen MR) is 42.1 cm³/mol. The molecule has 0 aliphatic rings. The lowest BCUT2D eigenvalue weighted by atomic mass is 10.3. The van der Waals surface area contributed by atoms with Crippen LogP contribution in [-0.4, -0.2) is 0 Å². The van der Waals surface area contributed by atoms with Crippen molar-refractivity contribution in [2.45, 2.75) is 13.3 Å². The second-order valence-electron chi connectivity index (χ2n) is 2.08. The van der Waals surface area contributed by atoms with E-state index in [-0.39, 0.29) is 0 Å². The highest BCUT2D eigenvalue weighted by Gasteiger charge is 1.93. The van der Waals surface area contributed by atoms with Crippen molar-refractivity contribution < 1.29 is 4.42 Å². The highest BCUT2D eigenvalue weighted by Crippen LogP contribution is 2.07.